The number of carbonyl (C=O) groups excluding carboxylic acids is 1. The quantitative estimate of drug-likeness (QED) is 0.246. The highest BCUT2D eigenvalue weighted by Gasteiger charge is 2.17. The van der Waals surface area contributed by atoms with Crippen molar-refractivity contribution in [1.82, 2.24) is 15.2 Å². The summed E-state index contributed by atoms with van der Waals surface area (Å²) in [6, 6.07) is 11.7. The number of carbonyl (C=O) groups is 1. The van der Waals surface area contributed by atoms with Crippen molar-refractivity contribution in [1.29, 1.82) is 0 Å². The van der Waals surface area contributed by atoms with E-state index in [2.05, 4.69) is 26.1 Å². The van der Waals surface area contributed by atoms with Gasteiger partial charge in [-0.3, -0.25) is 4.79 Å². The van der Waals surface area contributed by atoms with Gasteiger partial charge in [0.05, 0.1) is 24.2 Å². The van der Waals surface area contributed by atoms with Crippen LogP contribution in [0, 0.1) is 0 Å². The van der Waals surface area contributed by atoms with E-state index in [1.54, 1.807) is 22.7 Å². The number of Topliss-reactive ketones (excluding diaryl/α,β-unsaturated/α-hetero) is 1. The highest BCUT2D eigenvalue weighted by molar-refractivity contribution is 9.11. The van der Waals surface area contributed by atoms with Crippen molar-refractivity contribution in [2.75, 3.05) is 5.75 Å². The molecule has 0 radical (unpaired) electrons. The zero-order valence-electron chi connectivity index (χ0n) is 13.1. The summed E-state index contributed by atoms with van der Waals surface area (Å²) in [5, 5.41) is 13.2. The van der Waals surface area contributed by atoms with Gasteiger partial charge in [0.1, 0.15) is 11.4 Å². The molecule has 0 N–H and O–H groups in total. The fraction of sp³-hybridized carbons (Fsp3) is 0.0588. The van der Waals surface area contributed by atoms with E-state index in [-0.39, 0.29) is 11.5 Å². The first-order valence-electron chi connectivity index (χ1n) is 7.44. The normalized spacial score (nSPS) is 11.0. The lowest BCUT2D eigenvalue weighted by atomic mass is 10.2. The standard InChI is InChI=1S/C17H10BrN3OS4/c18-14-6-5-11(26-14)10(22)9-25-17-19-15(12-3-1-7-23-12)16(20-21-17)13-4-2-8-24-13/h1-8H,9H2. The minimum atomic E-state index is 0.0642. The first kappa shape index (κ1) is 18.0. The average molecular weight is 480 g/mol. The van der Waals surface area contributed by atoms with Crippen LogP contribution in [0.4, 0.5) is 0 Å². The van der Waals surface area contributed by atoms with Crippen LogP contribution in [0.3, 0.4) is 0 Å². The van der Waals surface area contributed by atoms with Crippen LogP contribution in [0.25, 0.3) is 21.1 Å². The van der Waals surface area contributed by atoms with Crippen molar-refractivity contribution >= 4 is 67.5 Å². The fourth-order valence-electron chi connectivity index (χ4n) is 2.20. The molecule has 0 spiro atoms. The molecule has 4 nitrogen and oxygen atoms in total. The van der Waals surface area contributed by atoms with Gasteiger partial charge >= 0.3 is 0 Å². The third-order valence-corrected chi connectivity index (χ3v) is 7.61. The zero-order valence-corrected chi connectivity index (χ0v) is 17.9. The van der Waals surface area contributed by atoms with Crippen LogP contribution in [0.1, 0.15) is 9.67 Å². The summed E-state index contributed by atoms with van der Waals surface area (Å²) in [5.74, 6) is 0.353. The molecule has 0 fully saturated rings. The molecule has 0 unspecified atom stereocenters. The number of thioether (sulfide) groups is 1. The summed E-state index contributed by atoms with van der Waals surface area (Å²) in [4.78, 5) is 19.8. The minimum absolute atomic E-state index is 0.0642. The van der Waals surface area contributed by atoms with E-state index in [9.17, 15) is 4.79 Å². The molecule has 26 heavy (non-hydrogen) atoms. The van der Waals surface area contributed by atoms with Crippen molar-refractivity contribution in [2.45, 2.75) is 5.16 Å². The molecule has 4 aromatic rings. The van der Waals surface area contributed by atoms with E-state index in [1.807, 2.05) is 47.2 Å². The second kappa shape index (κ2) is 8.10. The Hall–Kier alpha value is -1.39. The monoisotopic (exact) mass is 479 g/mol. The second-order valence-corrected chi connectivity index (χ2v) is 10.4. The van der Waals surface area contributed by atoms with Gasteiger partial charge in [-0.25, -0.2) is 4.98 Å². The van der Waals surface area contributed by atoms with Crippen LogP contribution in [0.2, 0.25) is 0 Å². The number of hydrogen-bond acceptors (Lipinski definition) is 8. The maximum absolute atomic E-state index is 12.3. The molecule has 4 rings (SSSR count). The van der Waals surface area contributed by atoms with Gasteiger partial charge in [0.25, 0.3) is 0 Å². The van der Waals surface area contributed by atoms with Crippen LogP contribution < -0.4 is 0 Å². The molecule has 130 valence electrons. The topological polar surface area (TPSA) is 55.7 Å². The molecule has 0 amide bonds. The Labute approximate surface area is 174 Å². The molecule has 0 saturated heterocycles. The van der Waals surface area contributed by atoms with Gasteiger partial charge in [0, 0.05) is 0 Å². The SMILES string of the molecule is O=C(CSc1nnc(-c2cccs2)c(-c2cccs2)n1)c1ccc(Br)s1. The highest BCUT2D eigenvalue weighted by atomic mass is 79.9. The number of rotatable bonds is 6. The Morgan fingerprint density at radius 2 is 1.73 bits per heavy atom. The van der Waals surface area contributed by atoms with E-state index in [4.69, 9.17) is 4.98 Å². The molecule has 0 bridgehead atoms. The number of hydrogen-bond donors (Lipinski definition) is 0. The van der Waals surface area contributed by atoms with Crippen LogP contribution in [-0.2, 0) is 0 Å². The molecular weight excluding hydrogens is 470 g/mol. The zero-order chi connectivity index (χ0) is 17.9. The lowest BCUT2D eigenvalue weighted by Gasteiger charge is -2.06. The third kappa shape index (κ3) is 3.96. The lowest BCUT2D eigenvalue weighted by molar-refractivity contribution is 0.102. The largest absolute Gasteiger partial charge is 0.292 e. The van der Waals surface area contributed by atoms with Crippen molar-refractivity contribution in [3.8, 4) is 21.1 Å². The Kier molecular flexibility index (Phi) is 5.60. The van der Waals surface area contributed by atoms with E-state index < -0.39 is 0 Å². The van der Waals surface area contributed by atoms with E-state index in [0.29, 0.717) is 5.16 Å². The molecular formula is C17H10BrN3OS4. The molecule has 0 saturated carbocycles. The van der Waals surface area contributed by atoms with Crippen molar-refractivity contribution in [2.24, 2.45) is 0 Å². The highest BCUT2D eigenvalue weighted by Crippen LogP contribution is 2.34. The van der Waals surface area contributed by atoms with Crippen LogP contribution in [0.5, 0.6) is 0 Å². The molecule has 0 atom stereocenters. The minimum Gasteiger partial charge on any atom is -0.292 e. The second-order valence-electron chi connectivity index (χ2n) is 5.06. The van der Waals surface area contributed by atoms with Crippen molar-refractivity contribution in [3.63, 3.8) is 0 Å². The van der Waals surface area contributed by atoms with Gasteiger partial charge in [0.2, 0.25) is 5.16 Å². The molecule has 0 aromatic carbocycles. The van der Waals surface area contributed by atoms with Gasteiger partial charge in [-0.1, -0.05) is 23.9 Å². The average Bonchev–Trinajstić information content (AvgIpc) is 3.40. The van der Waals surface area contributed by atoms with Crippen LogP contribution in [-0.4, -0.2) is 26.7 Å². The van der Waals surface area contributed by atoms with Gasteiger partial charge in [0.15, 0.2) is 5.78 Å². The summed E-state index contributed by atoms with van der Waals surface area (Å²) in [6.45, 7) is 0. The Morgan fingerprint density at radius 1 is 1.00 bits per heavy atom. The molecule has 0 aliphatic heterocycles. The van der Waals surface area contributed by atoms with Crippen molar-refractivity contribution in [3.05, 3.63) is 55.8 Å². The van der Waals surface area contributed by atoms with E-state index in [0.717, 1.165) is 29.8 Å². The van der Waals surface area contributed by atoms with Gasteiger partial charge < -0.3 is 0 Å². The predicted octanol–water partition coefficient (Wildman–Crippen LogP) is 6.13. The van der Waals surface area contributed by atoms with Gasteiger partial charge in [-0.05, 0) is 51.0 Å². The third-order valence-electron chi connectivity index (χ3n) is 3.36. The smallest absolute Gasteiger partial charge is 0.210 e. The van der Waals surface area contributed by atoms with E-state index >= 15 is 0 Å². The predicted molar refractivity (Wildman–Crippen MR) is 114 cm³/mol. The Morgan fingerprint density at radius 3 is 2.35 bits per heavy atom. The molecule has 0 aliphatic carbocycles. The molecule has 9 heteroatoms. The van der Waals surface area contributed by atoms with E-state index in [1.165, 1.54) is 23.1 Å². The number of nitrogens with zero attached hydrogens (tertiary/aromatic N) is 3. The summed E-state index contributed by atoms with van der Waals surface area (Å²) in [5.41, 5.74) is 1.59. The summed E-state index contributed by atoms with van der Waals surface area (Å²) >= 11 is 9.35. The number of aromatic nitrogens is 3. The maximum atomic E-state index is 12.3. The lowest BCUT2D eigenvalue weighted by Crippen LogP contribution is -2.02. The van der Waals surface area contributed by atoms with Gasteiger partial charge in [-0.2, -0.15) is 0 Å². The fourth-order valence-corrected chi connectivity index (χ4v) is 5.71. The summed E-state index contributed by atoms with van der Waals surface area (Å²) < 4.78 is 0.948. The number of thiophene rings is 3. The molecule has 4 aromatic heterocycles. The Balaban J connectivity index is 1.60. The number of ketones is 1. The maximum Gasteiger partial charge on any atom is 0.210 e. The Bertz CT molecular complexity index is 1030. The summed E-state index contributed by atoms with van der Waals surface area (Å²) in [7, 11) is 0. The summed E-state index contributed by atoms with van der Waals surface area (Å²) in [6.07, 6.45) is 0. The molecule has 0 aliphatic rings. The first-order valence-corrected chi connectivity index (χ1v) is 11.8. The van der Waals surface area contributed by atoms with Gasteiger partial charge in [-0.15, -0.1) is 44.2 Å². The van der Waals surface area contributed by atoms with Crippen molar-refractivity contribution < 1.29 is 4.79 Å². The molecule has 4 heterocycles. The van der Waals surface area contributed by atoms with Crippen LogP contribution >= 0.6 is 61.7 Å². The number of halogens is 1. The first-order chi connectivity index (χ1) is 12.7. The van der Waals surface area contributed by atoms with Crippen LogP contribution in [0.15, 0.2) is 56.1 Å².